The quantitative estimate of drug-likeness (QED) is 0.661. The Hall–Kier alpha value is -2.63. The van der Waals surface area contributed by atoms with Crippen LogP contribution < -0.4 is 10.6 Å². The molecule has 1 saturated carbocycles. The summed E-state index contributed by atoms with van der Waals surface area (Å²) in [7, 11) is 0. The fraction of sp³-hybridized carbons (Fsp3) is 0.522. The first-order chi connectivity index (χ1) is 14.0. The number of amides is 2. The van der Waals surface area contributed by atoms with Gasteiger partial charge in [0.15, 0.2) is 0 Å². The maximum absolute atomic E-state index is 12.9. The number of carbonyl (C=O) groups is 2. The van der Waals surface area contributed by atoms with Gasteiger partial charge in [0.05, 0.1) is 12.1 Å². The SMILES string of the molecule is CCCCNC(=O)C1(NC(=O)Cc2nc(-c3ccccc3)oc2C)CCCCC1. The second-order valence-corrected chi connectivity index (χ2v) is 7.87. The number of carbonyl (C=O) groups excluding carboxylic acids is 2. The molecule has 0 bridgehead atoms. The van der Waals surface area contributed by atoms with Gasteiger partial charge in [0.25, 0.3) is 0 Å². The van der Waals surface area contributed by atoms with Gasteiger partial charge >= 0.3 is 0 Å². The van der Waals surface area contributed by atoms with Crippen molar-refractivity contribution in [2.45, 2.75) is 70.8 Å². The van der Waals surface area contributed by atoms with Gasteiger partial charge in [0.2, 0.25) is 17.7 Å². The number of benzene rings is 1. The van der Waals surface area contributed by atoms with E-state index in [0.717, 1.165) is 37.7 Å². The van der Waals surface area contributed by atoms with Crippen LogP contribution >= 0.6 is 0 Å². The van der Waals surface area contributed by atoms with E-state index in [1.54, 1.807) is 0 Å². The van der Waals surface area contributed by atoms with Crippen molar-refractivity contribution in [2.24, 2.45) is 0 Å². The Morgan fingerprint density at radius 3 is 2.55 bits per heavy atom. The minimum Gasteiger partial charge on any atom is -0.441 e. The Labute approximate surface area is 172 Å². The van der Waals surface area contributed by atoms with Gasteiger partial charge in [0.1, 0.15) is 11.3 Å². The second kappa shape index (κ2) is 9.72. The number of rotatable bonds is 8. The zero-order valence-electron chi connectivity index (χ0n) is 17.4. The molecule has 6 heteroatoms. The Bertz CT molecular complexity index is 823. The Morgan fingerprint density at radius 2 is 1.86 bits per heavy atom. The van der Waals surface area contributed by atoms with Crippen LogP contribution in [0.4, 0.5) is 0 Å². The van der Waals surface area contributed by atoms with E-state index in [0.29, 0.717) is 36.7 Å². The monoisotopic (exact) mass is 397 g/mol. The van der Waals surface area contributed by atoms with Crippen LogP contribution in [0.1, 0.15) is 63.3 Å². The van der Waals surface area contributed by atoms with Crippen LogP contribution in [0.5, 0.6) is 0 Å². The lowest BCUT2D eigenvalue weighted by molar-refractivity contribution is -0.134. The van der Waals surface area contributed by atoms with Gasteiger partial charge in [-0.25, -0.2) is 4.98 Å². The van der Waals surface area contributed by atoms with Crippen molar-refractivity contribution in [1.29, 1.82) is 0 Å². The van der Waals surface area contributed by atoms with Crippen molar-refractivity contribution < 1.29 is 14.0 Å². The van der Waals surface area contributed by atoms with E-state index in [1.165, 1.54) is 0 Å². The summed E-state index contributed by atoms with van der Waals surface area (Å²) in [6.07, 6.45) is 6.43. The molecule has 1 aromatic heterocycles. The molecule has 3 rings (SSSR count). The van der Waals surface area contributed by atoms with Gasteiger partial charge in [-0.15, -0.1) is 0 Å². The second-order valence-electron chi connectivity index (χ2n) is 7.87. The lowest BCUT2D eigenvalue weighted by Gasteiger charge is -2.36. The molecule has 2 N–H and O–H groups in total. The van der Waals surface area contributed by atoms with Crippen LogP contribution in [-0.2, 0) is 16.0 Å². The van der Waals surface area contributed by atoms with Gasteiger partial charge in [0, 0.05) is 12.1 Å². The van der Waals surface area contributed by atoms with Crippen molar-refractivity contribution in [1.82, 2.24) is 15.6 Å². The fourth-order valence-electron chi connectivity index (χ4n) is 3.87. The fourth-order valence-corrected chi connectivity index (χ4v) is 3.87. The first kappa shape index (κ1) is 21.1. The number of nitrogens with one attached hydrogen (secondary N) is 2. The average molecular weight is 398 g/mol. The first-order valence-electron chi connectivity index (χ1n) is 10.6. The third-order valence-electron chi connectivity index (χ3n) is 5.58. The van der Waals surface area contributed by atoms with Crippen LogP contribution in [0.25, 0.3) is 11.5 Å². The van der Waals surface area contributed by atoms with Crippen LogP contribution in [0.2, 0.25) is 0 Å². The smallest absolute Gasteiger partial charge is 0.245 e. The summed E-state index contributed by atoms with van der Waals surface area (Å²) < 4.78 is 5.76. The molecule has 6 nitrogen and oxygen atoms in total. The Balaban J connectivity index is 1.69. The number of aromatic nitrogens is 1. The van der Waals surface area contributed by atoms with Gasteiger partial charge in [-0.1, -0.05) is 50.8 Å². The van der Waals surface area contributed by atoms with Crippen molar-refractivity contribution in [3.8, 4) is 11.5 Å². The molecule has 1 aliphatic carbocycles. The largest absolute Gasteiger partial charge is 0.441 e. The number of aryl methyl sites for hydroxylation is 1. The normalized spacial score (nSPS) is 15.7. The topological polar surface area (TPSA) is 84.2 Å². The highest BCUT2D eigenvalue weighted by Crippen LogP contribution is 2.29. The van der Waals surface area contributed by atoms with Crippen molar-refractivity contribution in [2.75, 3.05) is 6.54 Å². The molecule has 0 unspecified atom stereocenters. The van der Waals surface area contributed by atoms with E-state index in [9.17, 15) is 9.59 Å². The molecule has 1 fully saturated rings. The van der Waals surface area contributed by atoms with Crippen LogP contribution in [0.15, 0.2) is 34.7 Å². The predicted octanol–water partition coefficient (Wildman–Crippen LogP) is 3.93. The lowest BCUT2D eigenvalue weighted by atomic mass is 9.80. The van der Waals surface area contributed by atoms with E-state index >= 15 is 0 Å². The highest BCUT2D eigenvalue weighted by atomic mass is 16.4. The summed E-state index contributed by atoms with van der Waals surface area (Å²) in [5.41, 5.74) is 0.684. The summed E-state index contributed by atoms with van der Waals surface area (Å²) >= 11 is 0. The predicted molar refractivity (Wildman–Crippen MR) is 112 cm³/mol. The minimum atomic E-state index is -0.803. The van der Waals surface area contributed by atoms with Crippen LogP contribution in [0, 0.1) is 6.92 Å². The molecule has 0 radical (unpaired) electrons. The number of oxazole rings is 1. The summed E-state index contributed by atoms with van der Waals surface area (Å²) in [5.74, 6) is 0.897. The van der Waals surface area contributed by atoms with E-state index in [-0.39, 0.29) is 18.2 Å². The molecule has 1 aromatic carbocycles. The van der Waals surface area contributed by atoms with Crippen molar-refractivity contribution in [3.05, 3.63) is 41.8 Å². The van der Waals surface area contributed by atoms with E-state index < -0.39 is 5.54 Å². The molecule has 0 aliphatic heterocycles. The molecule has 1 heterocycles. The molecular formula is C23H31N3O3. The maximum atomic E-state index is 12.9. The number of hydrogen-bond donors (Lipinski definition) is 2. The number of nitrogens with zero attached hydrogens (tertiary/aromatic N) is 1. The average Bonchev–Trinajstić information content (AvgIpc) is 3.09. The van der Waals surface area contributed by atoms with E-state index in [4.69, 9.17) is 4.42 Å². The zero-order chi connectivity index (χ0) is 20.7. The maximum Gasteiger partial charge on any atom is 0.245 e. The summed E-state index contributed by atoms with van der Waals surface area (Å²) in [5, 5.41) is 6.06. The Kier molecular flexibility index (Phi) is 7.07. The molecular weight excluding hydrogens is 366 g/mol. The first-order valence-corrected chi connectivity index (χ1v) is 10.6. The summed E-state index contributed by atoms with van der Waals surface area (Å²) in [6.45, 7) is 4.56. The van der Waals surface area contributed by atoms with Crippen molar-refractivity contribution >= 4 is 11.8 Å². The molecule has 0 spiro atoms. The van der Waals surface area contributed by atoms with E-state index in [2.05, 4.69) is 22.5 Å². The standard InChI is InChI=1S/C23H31N3O3/c1-3-4-15-24-22(28)23(13-9-6-10-14-23)26-20(27)16-19-17(2)29-21(25-19)18-11-7-5-8-12-18/h5,7-8,11-12H,3-4,6,9-10,13-16H2,1-2H3,(H,24,28)(H,26,27). The molecule has 29 heavy (non-hydrogen) atoms. The van der Waals surface area contributed by atoms with Gasteiger partial charge in [-0.3, -0.25) is 9.59 Å². The highest BCUT2D eigenvalue weighted by Gasteiger charge is 2.40. The third kappa shape index (κ3) is 5.25. The van der Waals surface area contributed by atoms with Gasteiger partial charge in [-0.05, 0) is 38.3 Å². The molecule has 0 atom stereocenters. The highest BCUT2D eigenvalue weighted by molar-refractivity contribution is 5.92. The molecule has 156 valence electrons. The van der Waals surface area contributed by atoms with Gasteiger partial charge in [-0.2, -0.15) is 0 Å². The van der Waals surface area contributed by atoms with Crippen LogP contribution in [-0.4, -0.2) is 28.9 Å². The molecule has 2 aromatic rings. The number of hydrogen-bond acceptors (Lipinski definition) is 4. The summed E-state index contributed by atoms with van der Waals surface area (Å²) in [4.78, 5) is 30.2. The number of unbranched alkanes of at least 4 members (excludes halogenated alkanes) is 1. The molecule has 0 saturated heterocycles. The van der Waals surface area contributed by atoms with E-state index in [1.807, 2.05) is 37.3 Å². The third-order valence-corrected chi connectivity index (χ3v) is 5.58. The summed E-state index contributed by atoms with van der Waals surface area (Å²) in [6, 6.07) is 9.62. The molecule has 2 amide bonds. The lowest BCUT2D eigenvalue weighted by Crippen LogP contribution is -2.60. The Morgan fingerprint density at radius 1 is 1.14 bits per heavy atom. The molecule has 1 aliphatic rings. The van der Waals surface area contributed by atoms with Gasteiger partial charge < -0.3 is 15.1 Å². The zero-order valence-corrected chi connectivity index (χ0v) is 17.4. The van der Waals surface area contributed by atoms with Crippen LogP contribution in [0.3, 0.4) is 0 Å². The van der Waals surface area contributed by atoms with Crippen molar-refractivity contribution in [3.63, 3.8) is 0 Å². The minimum absolute atomic E-state index is 0.0548.